The summed E-state index contributed by atoms with van der Waals surface area (Å²) in [5, 5.41) is 23.1. The molecule has 30 heavy (non-hydrogen) atoms. The summed E-state index contributed by atoms with van der Waals surface area (Å²) < 4.78 is 26.2. The van der Waals surface area contributed by atoms with Crippen LogP contribution in [0.2, 0.25) is 0 Å². The van der Waals surface area contributed by atoms with E-state index in [1.165, 1.54) is 24.4 Å². The van der Waals surface area contributed by atoms with E-state index in [2.05, 4.69) is 15.6 Å². The lowest BCUT2D eigenvalue weighted by molar-refractivity contribution is -0.121. The van der Waals surface area contributed by atoms with Crippen molar-refractivity contribution in [2.75, 3.05) is 11.9 Å². The van der Waals surface area contributed by atoms with E-state index in [4.69, 9.17) is 5.26 Å². The third-order valence-corrected chi connectivity index (χ3v) is 6.31. The number of nitrogens with zero attached hydrogens (tertiary/aromatic N) is 4. The number of pyridine rings is 1. The number of hydrogen-bond donors (Lipinski definition) is 2. The molecule has 0 fully saturated rings. The maximum atomic E-state index is 12.9. The Morgan fingerprint density at radius 3 is 2.70 bits per heavy atom. The average molecular weight is 424 g/mol. The van der Waals surface area contributed by atoms with Crippen molar-refractivity contribution in [3.05, 3.63) is 52.8 Å². The molecular weight excluding hydrogens is 408 g/mol. The van der Waals surface area contributed by atoms with Crippen LogP contribution in [0.25, 0.3) is 0 Å². The quantitative estimate of drug-likeness (QED) is 0.754. The number of urea groups is 1. The molecule has 0 spiro atoms. The number of anilines is 1. The molecule has 3 rings (SSSR count). The van der Waals surface area contributed by atoms with Crippen LogP contribution in [0.1, 0.15) is 35.3 Å². The zero-order valence-corrected chi connectivity index (χ0v) is 16.8. The fraction of sp³-hybridized carbons (Fsp3) is 0.211. The Bertz CT molecular complexity index is 1240. The molecular formula is C19H16N6O4S. The Morgan fingerprint density at radius 1 is 1.33 bits per heavy atom. The molecule has 3 amide bonds. The van der Waals surface area contributed by atoms with Gasteiger partial charge in [0.05, 0.1) is 28.6 Å². The second-order valence-electron chi connectivity index (χ2n) is 6.56. The fourth-order valence-corrected chi connectivity index (χ4v) is 4.70. The smallest absolute Gasteiger partial charge is 0.336 e. The van der Waals surface area contributed by atoms with E-state index in [0.29, 0.717) is 21.1 Å². The molecule has 1 aliphatic rings. The number of aryl methyl sites for hydroxylation is 1. The predicted octanol–water partition coefficient (Wildman–Crippen LogP) is 1.55. The summed E-state index contributed by atoms with van der Waals surface area (Å²) in [5.74, 6) is -0.732. The number of hydrogen-bond acceptors (Lipinski definition) is 7. The first kappa shape index (κ1) is 20.8. The van der Waals surface area contributed by atoms with Gasteiger partial charge < -0.3 is 10.6 Å². The van der Waals surface area contributed by atoms with Crippen LogP contribution < -0.4 is 10.6 Å². The Hall–Kier alpha value is -3.96. The minimum Gasteiger partial charge on any atom is -0.346 e. The van der Waals surface area contributed by atoms with Crippen LogP contribution in [0.5, 0.6) is 0 Å². The van der Waals surface area contributed by atoms with Crippen LogP contribution in [-0.4, -0.2) is 36.2 Å². The van der Waals surface area contributed by atoms with Gasteiger partial charge in [0.2, 0.25) is 5.91 Å². The monoisotopic (exact) mass is 424 g/mol. The highest BCUT2D eigenvalue weighted by molar-refractivity contribution is 7.90. The van der Waals surface area contributed by atoms with Crippen LogP contribution in [0.4, 0.5) is 10.5 Å². The number of benzene rings is 1. The molecule has 2 aromatic rings. The molecule has 0 bridgehead atoms. The first-order valence-corrected chi connectivity index (χ1v) is 10.2. The number of aromatic nitrogens is 1. The molecule has 0 radical (unpaired) electrons. The Labute approximate surface area is 172 Å². The van der Waals surface area contributed by atoms with Gasteiger partial charge in [0.1, 0.15) is 23.6 Å². The molecule has 2 heterocycles. The molecule has 1 atom stereocenters. The molecule has 1 aromatic heterocycles. The van der Waals surface area contributed by atoms with E-state index in [1.54, 1.807) is 26.0 Å². The number of nitrogens with one attached hydrogen (secondary N) is 2. The summed E-state index contributed by atoms with van der Waals surface area (Å²) in [6, 6.07) is 7.91. The van der Waals surface area contributed by atoms with Crippen molar-refractivity contribution in [1.29, 1.82) is 10.5 Å². The van der Waals surface area contributed by atoms with Gasteiger partial charge in [-0.15, -0.1) is 0 Å². The maximum absolute atomic E-state index is 12.9. The van der Waals surface area contributed by atoms with Crippen LogP contribution in [0.15, 0.2) is 35.4 Å². The van der Waals surface area contributed by atoms with Crippen molar-refractivity contribution in [3.8, 4) is 12.1 Å². The Kier molecular flexibility index (Phi) is 5.41. The molecule has 0 saturated heterocycles. The van der Waals surface area contributed by atoms with Crippen molar-refractivity contribution in [2.24, 2.45) is 0 Å². The van der Waals surface area contributed by atoms with E-state index in [1.807, 2.05) is 6.07 Å². The average Bonchev–Trinajstić information content (AvgIpc) is 2.70. The van der Waals surface area contributed by atoms with Crippen LogP contribution >= 0.6 is 0 Å². The minimum absolute atomic E-state index is 0.0125. The van der Waals surface area contributed by atoms with Crippen molar-refractivity contribution in [3.63, 3.8) is 0 Å². The van der Waals surface area contributed by atoms with Crippen molar-refractivity contribution in [1.82, 2.24) is 14.6 Å². The first-order valence-electron chi connectivity index (χ1n) is 8.72. The fourth-order valence-electron chi connectivity index (χ4n) is 3.14. The van der Waals surface area contributed by atoms with E-state index in [9.17, 15) is 23.3 Å². The normalized spacial score (nSPS) is 15.2. The van der Waals surface area contributed by atoms with Gasteiger partial charge in [0.25, 0.3) is 10.0 Å². The molecule has 152 valence electrons. The summed E-state index contributed by atoms with van der Waals surface area (Å²) >= 11 is 0. The van der Waals surface area contributed by atoms with Gasteiger partial charge >= 0.3 is 6.03 Å². The van der Waals surface area contributed by atoms with Gasteiger partial charge in [-0.25, -0.2) is 17.5 Å². The molecule has 2 N–H and O–H groups in total. The second-order valence-corrected chi connectivity index (χ2v) is 8.36. The van der Waals surface area contributed by atoms with Gasteiger partial charge in [-0.2, -0.15) is 10.5 Å². The highest BCUT2D eigenvalue weighted by Gasteiger charge is 2.39. The largest absolute Gasteiger partial charge is 0.346 e. The van der Waals surface area contributed by atoms with Gasteiger partial charge in [0, 0.05) is 6.20 Å². The SMILES string of the molecule is Cc1cc(C#N)cnc1[C@@H](C)NC(=O)CN1C(=O)Nc2cccc(C#N)c2S1(=O)=O. The summed E-state index contributed by atoms with van der Waals surface area (Å²) in [6.45, 7) is 2.61. The molecule has 11 heteroatoms. The number of fused-ring (bicyclic) bond motifs is 1. The third kappa shape index (κ3) is 3.66. The molecule has 0 aliphatic carbocycles. The standard InChI is InChI=1S/C19H16N6O4S/c1-11-6-13(7-20)9-22-17(11)12(2)23-16(26)10-25-19(27)24-15-5-3-4-14(8-21)18(15)30(25,28)29/h3-6,9,12H,10H2,1-2H3,(H,23,26)(H,24,27)/t12-/m1/s1. The van der Waals surface area contributed by atoms with Crippen LogP contribution in [-0.2, 0) is 14.8 Å². The van der Waals surface area contributed by atoms with Gasteiger partial charge in [-0.3, -0.25) is 9.78 Å². The van der Waals surface area contributed by atoms with E-state index in [-0.39, 0.29) is 16.1 Å². The third-order valence-electron chi connectivity index (χ3n) is 4.47. The maximum Gasteiger partial charge on any atom is 0.336 e. The van der Waals surface area contributed by atoms with E-state index in [0.717, 1.165) is 0 Å². The number of carbonyl (C=O) groups is 2. The second kappa shape index (κ2) is 7.81. The summed E-state index contributed by atoms with van der Waals surface area (Å²) in [7, 11) is -4.40. The molecule has 0 unspecified atom stereocenters. The first-order chi connectivity index (χ1) is 14.2. The lowest BCUT2D eigenvalue weighted by atomic mass is 10.1. The Morgan fingerprint density at radius 2 is 2.07 bits per heavy atom. The number of carbonyl (C=O) groups excluding carboxylic acids is 2. The van der Waals surface area contributed by atoms with Crippen LogP contribution in [0, 0.1) is 29.6 Å². The number of rotatable bonds is 4. The van der Waals surface area contributed by atoms with E-state index < -0.39 is 34.5 Å². The molecule has 1 aliphatic heterocycles. The predicted molar refractivity (Wildman–Crippen MR) is 104 cm³/mol. The number of amides is 3. The molecule has 1 aromatic carbocycles. The van der Waals surface area contributed by atoms with Gasteiger partial charge in [0.15, 0.2) is 0 Å². The topological polar surface area (TPSA) is 156 Å². The minimum atomic E-state index is -4.40. The van der Waals surface area contributed by atoms with Gasteiger partial charge in [-0.05, 0) is 37.6 Å². The number of nitriles is 2. The van der Waals surface area contributed by atoms with Crippen molar-refractivity contribution >= 4 is 27.6 Å². The number of sulfonamides is 1. The zero-order chi connectivity index (χ0) is 22.1. The summed E-state index contributed by atoms with van der Waals surface area (Å²) in [6.07, 6.45) is 1.37. The lowest BCUT2D eigenvalue weighted by Gasteiger charge is -2.29. The zero-order valence-electron chi connectivity index (χ0n) is 16.0. The molecule has 10 nitrogen and oxygen atoms in total. The van der Waals surface area contributed by atoms with Crippen molar-refractivity contribution < 1.29 is 18.0 Å². The Balaban J connectivity index is 1.82. The lowest BCUT2D eigenvalue weighted by Crippen LogP contribution is -2.49. The molecule has 0 saturated carbocycles. The van der Waals surface area contributed by atoms with E-state index >= 15 is 0 Å². The van der Waals surface area contributed by atoms with Crippen LogP contribution in [0.3, 0.4) is 0 Å². The van der Waals surface area contributed by atoms with Crippen molar-refractivity contribution in [2.45, 2.75) is 24.8 Å². The van der Waals surface area contributed by atoms with Gasteiger partial charge in [-0.1, -0.05) is 6.07 Å². The highest BCUT2D eigenvalue weighted by Crippen LogP contribution is 2.32. The highest BCUT2D eigenvalue weighted by atomic mass is 32.2. The summed E-state index contributed by atoms with van der Waals surface area (Å²) in [5.41, 5.74) is 1.41. The summed E-state index contributed by atoms with van der Waals surface area (Å²) in [4.78, 5) is 28.6.